The van der Waals surface area contributed by atoms with Gasteiger partial charge in [-0.2, -0.15) is 0 Å². The first-order chi connectivity index (χ1) is 8.79. The number of hydrogen-bond donors (Lipinski definition) is 2. The van der Waals surface area contributed by atoms with Gasteiger partial charge in [-0.15, -0.1) is 0 Å². The van der Waals surface area contributed by atoms with Crippen molar-refractivity contribution < 1.29 is 13.2 Å². The Morgan fingerprint density at radius 3 is 2.63 bits per heavy atom. The first kappa shape index (κ1) is 14.8. The fraction of sp³-hybridized carbons (Fsp3) is 0.364. The molecule has 19 heavy (non-hydrogen) atoms. The standard InChI is InChI=1S/C11H12BrClN2O3S/c12-7-3-8(11(16)15-5-6-1-2-6)10(13)9(4-7)19(14,17)18/h3-4,6H,1-2,5H2,(H,15,16)(H2,14,17,18). The van der Waals surface area contributed by atoms with Gasteiger partial charge >= 0.3 is 0 Å². The lowest BCUT2D eigenvalue weighted by Crippen LogP contribution is -2.26. The maximum absolute atomic E-state index is 12.0. The second kappa shape index (κ2) is 5.40. The van der Waals surface area contributed by atoms with E-state index in [4.69, 9.17) is 16.7 Å². The summed E-state index contributed by atoms with van der Waals surface area (Å²) in [6.45, 7) is 0.576. The number of nitrogens with two attached hydrogens (primary N) is 1. The third kappa shape index (κ3) is 3.68. The van der Waals surface area contributed by atoms with E-state index in [1.165, 1.54) is 12.1 Å². The van der Waals surface area contributed by atoms with E-state index in [9.17, 15) is 13.2 Å². The molecule has 0 heterocycles. The van der Waals surface area contributed by atoms with E-state index in [1.54, 1.807) is 0 Å². The molecule has 0 aliphatic heterocycles. The van der Waals surface area contributed by atoms with Crippen LogP contribution in [-0.4, -0.2) is 20.9 Å². The number of nitrogens with one attached hydrogen (secondary N) is 1. The first-order valence-electron chi connectivity index (χ1n) is 5.59. The highest BCUT2D eigenvalue weighted by atomic mass is 79.9. The summed E-state index contributed by atoms with van der Waals surface area (Å²) in [5.41, 5.74) is 0.0979. The Kier molecular flexibility index (Phi) is 4.20. The molecule has 3 N–H and O–H groups in total. The van der Waals surface area contributed by atoms with Gasteiger partial charge in [-0.3, -0.25) is 4.79 Å². The van der Waals surface area contributed by atoms with Gasteiger partial charge in [-0.05, 0) is 30.9 Å². The van der Waals surface area contributed by atoms with Crippen molar-refractivity contribution in [1.82, 2.24) is 5.32 Å². The van der Waals surface area contributed by atoms with Crippen molar-refractivity contribution >= 4 is 43.5 Å². The first-order valence-corrected chi connectivity index (χ1v) is 8.31. The van der Waals surface area contributed by atoms with Gasteiger partial charge in [-0.1, -0.05) is 27.5 Å². The number of rotatable bonds is 4. The summed E-state index contributed by atoms with van der Waals surface area (Å²) in [5, 5.41) is 7.64. The number of hydrogen-bond acceptors (Lipinski definition) is 3. The van der Waals surface area contributed by atoms with E-state index in [2.05, 4.69) is 21.2 Å². The summed E-state index contributed by atoms with van der Waals surface area (Å²) in [4.78, 5) is 11.7. The van der Waals surface area contributed by atoms with Gasteiger partial charge in [0.15, 0.2) is 0 Å². The summed E-state index contributed by atoms with van der Waals surface area (Å²) in [6.07, 6.45) is 2.21. The molecule has 1 aliphatic rings. The molecule has 0 unspecified atom stereocenters. The van der Waals surface area contributed by atoms with E-state index in [0.717, 1.165) is 12.8 Å². The van der Waals surface area contributed by atoms with Gasteiger partial charge in [-0.25, -0.2) is 13.6 Å². The Bertz CT molecular complexity index is 629. The van der Waals surface area contributed by atoms with Crippen LogP contribution >= 0.6 is 27.5 Å². The summed E-state index contributed by atoms with van der Waals surface area (Å²) in [7, 11) is -3.97. The topological polar surface area (TPSA) is 89.3 Å². The van der Waals surface area contributed by atoms with E-state index in [-0.39, 0.29) is 15.5 Å². The molecule has 2 rings (SSSR count). The number of carbonyl (C=O) groups is 1. The number of benzene rings is 1. The Labute approximate surface area is 124 Å². The van der Waals surface area contributed by atoms with E-state index in [1.807, 2.05) is 0 Å². The molecule has 0 bridgehead atoms. The number of amides is 1. The molecule has 0 saturated heterocycles. The molecule has 1 aromatic rings. The molecule has 0 aromatic heterocycles. The normalized spacial score (nSPS) is 15.3. The maximum atomic E-state index is 12.0. The molecular formula is C11H12BrClN2O3S. The van der Waals surface area contributed by atoms with Crippen molar-refractivity contribution in [2.24, 2.45) is 11.1 Å². The van der Waals surface area contributed by atoms with E-state index < -0.39 is 15.9 Å². The largest absolute Gasteiger partial charge is 0.352 e. The summed E-state index contributed by atoms with van der Waals surface area (Å²) in [5.74, 6) is 0.121. The van der Waals surface area contributed by atoms with Crippen molar-refractivity contribution in [1.29, 1.82) is 0 Å². The number of primary sulfonamides is 1. The molecule has 1 aromatic carbocycles. The van der Waals surface area contributed by atoms with Crippen LogP contribution in [0.3, 0.4) is 0 Å². The Hall–Kier alpha value is -0.630. The predicted molar refractivity (Wildman–Crippen MR) is 75.6 cm³/mol. The van der Waals surface area contributed by atoms with Crippen molar-refractivity contribution in [3.63, 3.8) is 0 Å². The lowest BCUT2D eigenvalue weighted by atomic mass is 10.2. The van der Waals surface area contributed by atoms with Crippen LogP contribution in [0.1, 0.15) is 23.2 Å². The van der Waals surface area contributed by atoms with Crippen molar-refractivity contribution in [2.75, 3.05) is 6.54 Å². The van der Waals surface area contributed by atoms with E-state index >= 15 is 0 Å². The summed E-state index contributed by atoms with van der Waals surface area (Å²) >= 11 is 9.09. The van der Waals surface area contributed by atoms with Gasteiger partial charge in [0.25, 0.3) is 5.91 Å². The van der Waals surface area contributed by atoms with Gasteiger partial charge in [0.1, 0.15) is 4.90 Å². The predicted octanol–water partition coefficient (Wildman–Crippen LogP) is 1.89. The lowest BCUT2D eigenvalue weighted by Gasteiger charge is -2.10. The SMILES string of the molecule is NS(=O)(=O)c1cc(Br)cc(C(=O)NCC2CC2)c1Cl. The van der Waals surface area contributed by atoms with Crippen molar-refractivity contribution in [2.45, 2.75) is 17.7 Å². The van der Waals surface area contributed by atoms with Gasteiger partial charge in [0.2, 0.25) is 10.0 Å². The lowest BCUT2D eigenvalue weighted by molar-refractivity contribution is 0.0951. The van der Waals surface area contributed by atoms with Crippen LogP contribution in [0, 0.1) is 5.92 Å². The molecule has 1 aliphatic carbocycles. The fourth-order valence-electron chi connectivity index (χ4n) is 1.59. The number of halogens is 2. The minimum atomic E-state index is -3.97. The van der Waals surface area contributed by atoms with Gasteiger partial charge in [0.05, 0.1) is 10.6 Å². The molecule has 5 nitrogen and oxygen atoms in total. The maximum Gasteiger partial charge on any atom is 0.252 e. The van der Waals surface area contributed by atoms with Crippen LogP contribution in [0.2, 0.25) is 5.02 Å². The number of carbonyl (C=O) groups excluding carboxylic acids is 1. The quantitative estimate of drug-likeness (QED) is 0.851. The second-order valence-corrected chi connectivity index (χ2v) is 7.29. The molecule has 1 amide bonds. The highest BCUT2D eigenvalue weighted by Gasteiger charge is 2.24. The van der Waals surface area contributed by atoms with Crippen LogP contribution in [0.15, 0.2) is 21.5 Å². The molecule has 1 fully saturated rings. The molecular weight excluding hydrogens is 356 g/mol. The second-order valence-electron chi connectivity index (χ2n) is 4.46. The monoisotopic (exact) mass is 366 g/mol. The third-order valence-corrected chi connectivity index (χ3v) is 4.72. The Morgan fingerprint density at radius 1 is 1.47 bits per heavy atom. The Morgan fingerprint density at radius 2 is 2.11 bits per heavy atom. The Balaban J connectivity index is 2.33. The zero-order chi connectivity index (χ0) is 14.2. The van der Waals surface area contributed by atoms with Gasteiger partial charge in [0, 0.05) is 11.0 Å². The smallest absolute Gasteiger partial charge is 0.252 e. The molecule has 0 radical (unpaired) electrons. The minimum absolute atomic E-state index is 0.0979. The molecule has 104 valence electrons. The molecule has 0 atom stereocenters. The van der Waals surface area contributed by atoms with E-state index in [0.29, 0.717) is 16.9 Å². The zero-order valence-electron chi connectivity index (χ0n) is 9.82. The van der Waals surface area contributed by atoms with Crippen molar-refractivity contribution in [3.8, 4) is 0 Å². The van der Waals surface area contributed by atoms with Crippen LogP contribution in [-0.2, 0) is 10.0 Å². The molecule has 8 heteroatoms. The number of sulfonamides is 1. The minimum Gasteiger partial charge on any atom is -0.352 e. The molecule has 0 spiro atoms. The van der Waals surface area contributed by atoms with Crippen LogP contribution in [0.5, 0.6) is 0 Å². The third-order valence-electron chi connectivity index (χ3n) is 2.80. The highest BCUT2D eigenvalue weighted by molar-refractivity contribution is 9.10. The van der Waals surface area contributed by atoms with Crippen LogP contribution in [0.4, 0.5) is 0 Å². The molecule has 1 saturated carbocycles. The van der Waals surface area contributed by atoms with Crippen LogP contribution < -0.4 is 10.5 Å². The van der Waals surface area contributed by atoms with Crippen LogP contribution in [0.25, 0.3) is 0 Å². The summed E-state index contributed by atoms with van der Waals surface area (Å²) in [6, 6.07) is 2.74. The highest BCUT2D eigenvalue weighted by Crippen LogP contribution is 2.30. The van der Waals surface area contributed by atoms with Gasteiger partial charge < -0.3 is 5.32 Å². The average molecular weight is 368 g/mol. The summed E-state index contributed by atoms with van der Waals surface area (Å²) < 4.78 is 23.2. The van der Waals surface area contributed by atoms with Crippen molar-refractivity contribution in [3.05, 3.63) is 27.2 Å². The fourth-order valence-corrected chi connectivity index (χ4v) is 3.37. The zero-order valence-corrected chi connectivity index (χ0v) is 13.0. The average Bonchev–Trinajstić information content (AvgIpc) is 3.11.